The van der Waals surface area contributed by atoms with Crippen molar-refractivity contribution in [2.45, 2.75) is 17.9 Å². The molecule has 0 aromatic carbocycles. The molecule has 0 radical (unpaired) electrons. The molecule has 1 atom stereocenters. The Balaban J connectivity index is 2.82. The van der Waals surface area contributed by atoms with Crippen molar-refractivity contribution in [2.75, 3.05) is 6.61 Å². The first-order chi connectivity index (χ1) is 4.27. The van der Waals surface area contributed by atoms with Gasteiger partial charge in [0.15, 0.2) is 5.08 Å². The lowest BCUT2D eigenvalue weighted by Crippen LogP contribution is -1.95. The van der Waals surface area contributed by atoms with E-state index in [9.17, 15) is 9.18 Å². The van der Waals surface area contributed by atoms with Crippen molar-refractivity contribution in [1.82, 2.24) is 0 Å². The molecule has 4 heteroatoms. The maximum absolute atomic E-state index is 11.9. The van der Waals surface area contributed by atoms with Gasteiger partial charge in [0.25, 0.3) is 6.47 Å². The number of rotatable bonds is 5. The molecule has 0 aromatic rings. The van der Waals surface area contributed by atoms with Gasteiger partial charge in [0.2, 0.25) is 0 Å². The van der Waals surface area contributed by atoms with Gasteiger partial charge in [-0.15, -0.1) is 0 Å². The molecule has 9 heavy (non-hydrogen) atoms. The third-order valence-corrected chi connectivity index (χ3v) is 1.21. The van der Waals surface area contributed by atoms with Gasteiger partial charge in [0.1, 0.15) is 0 Å². The minimum atomic E-state index is -0.979. The number of ether oxygens (including phenoxy) is 1. The molecule has 1 unspecified atom stereocenters. The van der Waals surface area contributed by atoms with Crippen molar-refractivity contribution >= 4 is 22.4 Å². The van der Waals surface area contributed by atoms with Crippen molar-refractivity contribution in [3.63, 3.8) is 0 Å². The monoisotopic (exact) mass is 198 g/mol. The molecule has 0 fully saturated rings. The molecule has 0 aliphatic rings. The first kappa shape index (κ1) is 8.88. The molecular weight excluding hydrogens is 191 g/mol. The van der Waals surface area contributed by atoms with Crippen LogP contribution in [0, 0.1) is 0 Å². The van der Waals surface area contributed by atoms with Crippen molar-refractivity contribution < 1.29 is 13.9 Å². The van der Waals surface area contributed by atoms with E-state index in [4.69, 9.17) is 0 Å². The van der Waals surface area contributed by atoms with Crippen molar-refractivity contribution in [1.29, 1.82) is 0 Å². The highest BCUT2D eigenvalue weighted by Crippen LogP contribution is 2.07. The summed E-state index contributed by atoms with van der Waals surface area (Å²) in [6, 6.07) is 0. The Hall–Kier alpha value is -0.120. The summed E-state index contributed by atoms with van der Waals surface area (Å²) >= 11 is 2.72. The van der Waals surface area contributed by atoms with Gasteiger partial charge in [-0.25, -0.2) is 4.39 Å². The van der Waals surface area contributed by atoms with Crippen LogP contribution in [0.25, 0.3) is 0 Å². The molecule has 54 valence electrons. The van der Waals surface area contributed by atoms with Crippen LogP contribution in [-0.2, 0) is 9.53 Å². The zero-order valence-corrected chi connectivity index (χ0v) is 6.43. The molecule has 0 rings (SSSR count). The second kappa shape index (κ2) is 6.01. The van der Waals surface area contributed by atoms with Crippen LogP contribution in [0.5, 0.6) is 0 Å². The quantitative estimate of drug-likeness (QED) is 0.382. The number of hydrogen-bond donors (Lipinski definition) is 0. The van der Waals surface area contributed by atoms with Crippen LogP contribution in [-0.4, -0.2) is 18.2 Å². The lowest BCUT2D eigenvalue weighted by molar-refractivity contribution is -0.128. The fraction of sp³-hybridized carbons (Fsp3) is 0.800. The van der Waals surface area contributed by atoms with E-state index >= 15 is 0 Å². The van der Waals surface area contributed by atoms with E-state index in [-0.39, 0.29) is 0 Å². The van der Waals surface area contributed by atoms with Crippen LogP contribution in [0.3, 0.4) is 0 Å². The van der Waals surface area contributed by atoms with Gasteiger partial charge >= 0.3 is 0 Å². The molecule has 0 bridgehead atoms. The predicted molar refractivity (Wildman–Crippen MR) is 35.1 cm³/mol. The number of alkyl halides is 2. The van der Waals surface area contributed by atoms with Gasteiger partial charge in [-0.1, -0.05) is 15.9 Å². The van der Waals surface area contributed by atoms with Gasteiger partial charge in [0, 0.05) is 0 Å². The Morgan fingerprint density at radius 2 is 2.44 bits per heavy atom. The second-order valence-corrected chi connectivity index (χ2v) is 2.49. The highest BCUT2D eigenvalue weighted by molar-refractivity contribution is 9.09. The summed E-state index contributed by atoms with van der Waals surface area (Å²) in [5.41, 5.74) is 0. The summed E-state index contributed by atoms with van der Waals surface area (Å²) in [5, 5.41) is -0.979. The summed E-state index contributed by atoms with van der Waals surface area (Å²) in [4.78, 5) is 9.52. The lowest BCUT2D eigenvalue weighted by atomic mass is 10.3. The SMILES string of the molecule is O=COCCCC(F)Br. The van der Waals surface area contributed by atoms with Crippen LogP contribution >= 0.6 is 15.9 Å². The summed E-state index contributed by atoms with van der Waals surface area (Å²) < 4.78 is 16.2. The Kier molecular flexibility index (Phi) is 5.93. The Morgan fingerprint density at radius 1 is 1.78 bits per heavy atom. The minimum Gasteiger partial charge on any atom is -0.468 e. The van der Waals surface area contributed by atoms with Crippen LogP contribution in [0.1, 0.15) is 12.8 Å². The molecule has 2 nitrogen and oxygen atoms in total. The number of carbonyl (C=O) groups excluding carboxylic acids is 1. The fourth-order valence-corrected chi connectivity index (χ4v) is 0.693. The van der Waals surface area contributed by atoms with Crippen LogP contribution in [0.2, 0.25) is 0 Å². The second-order valence-electron chi connectivity index (χ2n) is 1.50. The van der Waals surface area contributed by atoms with Crippen LogP contribution in [0.4, 0.5) is 4.39 Å². The Morgan fingerprint density at radius 3 is 2.89 bits per heavy atom. The summed E-state index contributed by atoms with van der Waals surface area (Å²) in [5.74, 6) is 0. The molecule has 0 aliphatic carbocycles. The number of hydrogen-bond acceptors (Lipinski definition) is 2. The number of halogens is 2. The van der Waals surface area contributed by atoms with E-state index in [0.717, 1.165) is 0 Å². The van der Waals surface area contributed by atoms with Crippen molar-refractivity contribution in [3.05, 3.63) is 0 Å². The molecule has 0 saturated heterocycles. The van der Waals surface area contributed by atoms with Crippen molar-refractivity contribution in [3.8, 4) is 0 Å². The minimum absolute atomic E-state index is 0.301. The molecule has 0 spiro atoms. The summed E-state index contributed by atoms with van der Waals surface area (Å²) in [6.45, 7) is 0.664. The molecule has 0 saturated carbocycles. The van der Waals surface area contributed by atoms with E-state index < -0.39 is 5.08 Å². The predicted octanol–water partition coefficient (Wildman–Crippen LogP) is 1.63. The normalized spacial score (nSPS) is 12.7. The van der Waals surface area contributed by atoms with Crippen molar-refractivity contribution in [2.24, 2.45) is 0 Å². The summed E-state index contributed by atoms with van der Waals surface area (Å²) in [6.07, 6.45) is 0.943. The zero-order valence-electron chi connectivity index (χ0n) is 4.85. The average Bonchev–Trinajstić information content (AvgIpc) is 1.80. The molecule has 0 heterocycles. The smallest absolute Gasteiger partial charge is 0.293 e. The fourth-order valence-electron chi connectivity index (χ4n) is 0.369. The highest BCUT2D eigenvalue weighted by atomic mass is 79.9. The molecule has 0 aromatic heterocycles. The van der Waals surface area contributed by atoms with Crippen LogP contribution < -0.4 is 0 Å². The largest absolute Gasteiger partial charge is 0.468 e. The maximum atomic E-state index is 11.9. The molecule has 0 aliphatic heterocycles. The standard InChI is InChI=1S/C5H8BrFO2/c6-5(7)2-1-3-9-4-8/h4-5H,1-3H2. The topological polar surface area (TPSA) is 26.3 Å². The van der Waals surface area contributed by atoms with Gasteiger partial charge in [-0.2, -0.15) is 0 Å². The first-order valence-electron chi connectivity index (χ1n) is 2.60. The molecule has 0 amide bonds. The van der Waals surface area contributed by atoms with E-state index in [1.165, 1.54) is 0 Å². The average molecular weight is 199 g/mol. The Labute approximate surface area is 61.5 Å². The zero-order chi connectivity index (χ0) is 7.11. The lowest BCUT2D eigenvalue weighted by Gasteiger charge is -1.97. The van der Waals surface area contributed by atoms with Gasteiger partial charge in [-0.05, 0) is 12.8 Å². The summed E-state index contributed by atoms with van der Waals surface area (Å²) in [7, 11) is 0. The van der Waals surface area contributed by atoms with E-state index in [2.05, 4.69) is 20.7 Å². The Bertz CT molecular complexity index is 77.4. The third kappa shape index (κ3) is 7.88. The van der Waals surface area contributed by atoms with Gasteiger partial charge < -0.3 is 4.74 Å². The first-order valence-corrected chi connectivity index (χ1v) is 3.52. The molecular formula is C5H8BrFO2. The van der Waals surface area contributed by atoms with Gasteiger partial charge in [-0.3, -0.25) is 4.79 Å². The molecule has 0 N–H and O–H groups in total. The van der Waals surface area contributed by atoms with E-state index in [1.54, 1.807) is 0 Å². The van der Waals surface area contributed by atoms with Gasteiger partial charge in [0.05, 0.1) is 6.61 Å². The third-order valence-electron chi connectivity index (χ3n) is 0.753. The van der Waals surface area contributed by atoms with E-state index in [1.807, 2.05) is 0 Å². The van der Waals surface area contributed by atoms with Crippen LogP contribution in [0.15, 0.2) is 0 Å². The van der Waals surface area contributed by atoms with E-state index in [0.29, 0.717) is 25.9 Å². The number of carbonyl (C=O) groups is 1. The maximum Gasteiger partial charge on any atom is 0.293 e. The highest BCUT2D eigenvalue weighted by Gasteiger charge is 1.97.